The van der Waals surface area contributed by atoms with E-state index >= 15 is 0 Å². The van der Waals surface area contributed by atoms with Crippen LogP contribution in [-0.4, -0.2) is 36.2 Å². The molecule has 1 aliphatic heterocycles. The van der Waals surface area contributed by atoms with E-state index in [1.807, 2.05) is 6.07 Å². The maximum Gasteiger partial charge on any atom is 0.166 e. The molecule has 0 radical (unpaired) electrons. The Morgan fingerprint density at radius 1 is 1.23 bits per heavy atom. The van der Waals surface area contributed by atoms with Gasteiger partial charge in [-0.1, -0.05) is 36.7 Å². The minimum absolute atomic E-state index is 0. The van der Waals surface area contributed by atoms with Gasteiger partial charge in [0.15, 0.2) is 11.6 Å². The third-order valence-corrected chi connectivity index (χ3v) is 4.15. The summed E-state index contributed by atoms with van der Waals surface area (Å²) in [5, 5.41) is 13.5. The van der Waals surface area contributed by atoms with Crippen molar-refractivity contribution in [2.45, 2.75) is 26.8 Å². The lowest BCUT2D eigenvalue weighted by molar-refractivity contribution is 0.0837. The zero-order chi connectivity index (χ0) is 14.9. The largest absolute Gasteiger partial charge is 0.505 e. The van der Waals surface area contributed by atoms with Crippen molar-refractivity contribution >= 4 is 40.7 Å². The number of rotatable bonds is 2. The SMILES string of the molecule is CC(C)(C)[C@@H](c1cc(Br)cc(F)c1O)N1CCNCC1.Cl.Cl. The molecule has 0 unspecified atom stereocenters. The molecule has 1 saturated heterocycles. The molecule has 1 atom stereocenters. The van der Waals surface area contributed by atoms with E-state index < -0.39 is 5.82 Å². The molecule has 3 nitrogen and oxygen atoms in total. The Balaban J connectivity index is 0.00000220. The highest BCUT2D eigenvalue weighted by Crippen LogP contribution is 2.43. The fraction of sp³-hybridized carbons (Fsp3) is 0.600. The van der Waals surface area contributed by atoms with E-state index in [0.29, 0.717) is 10.0 Å². The number of hydrogen-bond acceptors (Lipinski definition) is 3. The standard InChI is InChI=1S/C15H22BrFN2O.2ClH/c1-15(2,3)14(19-6-4-18-5-7-19)11-8-10(16)9-12(17)13(11)20;;/h8-9,14,18,20H,4-7H2,1-3H3;2*1H/t14-;;/m1../s1. The van der Waals surface area contributed by atoms with Gasteiger partial charge in [-0.05, 0) is 17.5 Å². The Morgan fingerprint density at radius 2 is 1.77 bits per heavy atom. The van der Waals surface area contributed by atoms with Crippen LogP contribution in [0.15, 0.2) is 16.6 Å². The van der Waals surface area contributed by atoms with E-state index in [-0.39, 0.29) is 42.0 Å². The molecule has 0 aromatic heterocycles. The molecule has 2 N–H and O–H groups in total. The normalized spacial score (nSPS) is 17.3. The minimum Gasteiger partial charge on any atom is -0.505 e. The molecule has 22 heavy (non-hydrogen) atoms. The lowest BCUT2D eigenvalue weighted by atomic mass is 9.80. The van der Waals surface area contributed by atoms with Gasteiger partial charge in [-0.3, -0.25) is 4.90 Å². The van der Waals surface area contributed by atoms with E-state index in [1.54, 1.807) is 0 Å². The van der Waals surface area contributed by atoms with Crippen LogP contribution in [0.4, 0.5) is 4.39 Å². The van der Waals surface area contributed by atoms with Crippen molar-refractivity contribution in [1.82, 2.24) is 10.2 Å². The highest BCUT2D eigenvalue weighted by atomic mass is 79.9. The first-order valence-electron chi connectivity index (χ1n) is 6.93. The molecule has 1 aromatic rings. The molecule has 0 amide bonds. The maximum atomic E-state index is 13.8. The highest BCUT2D eigenvalue weighted by molar-refractivity contribution is 9.10. The van der Waals surface area contributed by atoms with Gasteiger partial charge in [0.1, 0.15) is 0 Å². The minimum atomic E-state index is -0.571. The molecule has 1 aliphatic rings. The molecule has 0 aliphatic carbocycles. The summed E-state index contributed by atoms with van der Waals surface area (Å²) in [5.74, 6) is -0.801. The molecule has 7 heteroatoms. The first-order chi connectivity index (χ1) is 9.30. The molecule has 0 bridgehead atoms. The summed E-state index contributed by atoms with van der Waals surface area (Å²) in [6.07, 6.45) is 0. The van der Waals surface area contributed by atoms with Gasteiger partial charge in [-0.15, -0.1) is 24.8 Å². The van der Waals surface area contributed by atoms with Crippen LogP contribution < -0.4 is 5.32 Å². The van der Waals surface area contributed by atoms with Crippen molar-refractivity contribution in [3.63, 3.8) is 0 Å². The van der Waals surface area contributed by atoms with E-state index in [2.05, 4.69) is 46.9 Å². The summed E-state index contributed by atoms with van der Waals surface area (Å²) in [4.78, 5) is 2.32. The van der Waals surface area contributed by atoms with E-state index in [4.69, 9.17) is 0 Å². The second-order valence-corrected chi connectivity index (χ2v) is 7.30. The van der Waals surface area contributed by atoms with Gasteiger partial charge in [0.05, 0.1) is 0 Å². The van der Waals surface area contributed by atoms with Crippen LogP contribution >= 0.6 is 40.7 Å². The second kappa shape index (κ2) is 8.69. The van der Waals surface area contributed by atoms with Crippen molar-refractivity contribution in [2.75, 3.05) is 26.2 Å². The van der Waals surface area contributed by atoms with Gasteiger partial charge in [0.25, 0.3) is 0 Å². The number of benzene rings is 1. The number of phenols is 1. The van der Waals surface area contributed by atoms with Gasteiger partial charge in [0, 0.05) is 42.3 Å². The number of piperazine rings is 1. The van der Waals surface area contributed by atoms with Crippen molar-refractivity contribution in [1.29, 1.82) is 0 Å². The predicted octanol–water partition coefficient (Wildman–Crippen LogP) is 4.13. The van der Waals surface area contributed by atoms with Crippen LogP contribution in [0.25, 0.3) is 0 Å². The van der Waals surface area contributed by atoms with Gasteiger partial charge in [-0.2, -0.15) is 0 Å². The fourth-order valence-corrected chi connectivity index (χ4v) is 3.39. The molecule has 1 fully saturated rings. The topological polar surface area (TPSA) is 35.5 Å². The van der Waals surface area contributed by atoms with Crippen molar-refractivity contribution in [3.8, 4) is 5.75 Å². The monoisotopic (exact) mass is 416 g/mol. The summed E-state index contributed by atoms with van der Waals surface area (Å²) in [6.45, 7) is 10.0. The van der Waals surface area contributed by atoms with Crippen LogP contribution in [0.1, 0.15) is 32.4 Å². The van der Waals surface area contributed by atoms with Gasteiger partial charge < -0.3 is 10.4 Å². The van der Waals surface area contributed by atoms with E-state index in [9.17, 15) is 9.50 Å². The first kappa shape index (κ1) is 21.9. The van der Waals surface area contributed by atoms with Crippen LogP contribution in [0.5, 0.6) is 5.75 Å². The molecule has 1 heterocycles. The number of nitrogens with zero attached hydrogens (tertiary/aromatic N) is 1. The first-order valence-corrected chi connectivity index (χ1v) is 7.72. The predicted molar refractivity (Wildman–Crippen MR) is 96.9 cm³/mol. The summed E-state index contributed by atoms with van der Waals surface area (Å²) < 4.78 is 14.5. The molecule has 128 valence electrons. The Labute approximate surface area is 152 Å². The Morgan fingerprint density at radius 3 is 2.27 bits per heavy atom. The number of phenolic OH excluding ortho intramolecular Hbond substituents is 1. The van der Waals surface area contributed by atoms with Crippen LogP contribution in [-0.2, 0) is 0 Å². The lowest BCUT2D eigenvalue weighted by Crippen LogP contribution is -2.48. The summed E-state index contributed by atoms with van der Waals surface area (Å²) in [5.41, 5.74) is 0.563. The quantitative estimate of drug-likeness (QED) is 0.759. The van der Waals surface area contributed by atoms with E-state index in [1.165, 1.54) is 6.07 Å². The molecule has 2 rings (SSSR count). The number of aromatic hydroxyl groups is 1. The van der Waals surface area contributed by atoms with Gasteiger partial charge >= 0.3 is 0 Å². The number of halogens is 4. The highest BCUT2D eigenvalue weighted by Gasteiger charge is 2.35. The average molecular weight is 418 g/mol. The van der Waals surface area contributed by atoms with Crippen LogP contribution in [0, 0.1) is 11.2 Å². The van der Waals surface area contributed by atoms with Gasteiger partial charge in [0.2, 0.25) is 0 Å². The summed E-state index contributed by atoms with van der Waals surface area (Å²) in [7, 11) is 0. The average Bonchev–Trinajstić information content (AvgIpc) is 2.35. The summed E-state index contributed by atoms with van der Waals surface area (Å²) >= 11 is 3.32. The third-order valence-electron chi connectivity index (χ3n) is 3.69. The van der Waals surface area contributed by atoms with Crippen LogP contribution in [0.3, 0.4) is 0 Å². The van der Waals surface area contributed by atoms with Crippen LogP contribution in [0.2, 0.25) is 0 Å². The zero-order valence-corrected chi connectivity index (χ0v) is 16.2. The lowest BCUT2D eigenvalue weighted by Gasteiger charge is -2.42. The molecular formula is C15H24BrCl2FN2O. The Bertz CT molecular complexity index is 491. The van der Waals surface area contributed by atoms with Crippen molar-refractivity contribution in [2.24, 2.45) is 5.41 Å². The molecule has 1 aromatic carbocycles. The Kier molecular flexibility index (Phi) is 8.66. The van der Waals surface area contributed by atoms with Crippen molar-refractivity contribution < 1.29 is 9.50 Å². The number of nitrogens with one attached hydrogen (secondary N) is 1. The van der Waals surface area contributed by atoms with Crippen molar-refractivity contribution in [3.05, 3.63) is 28.0 Å². The van der Waals surface area contributed by atoms with E-state index in [0.717, 1.165) is 26.2 Å². The fourth-order valence-electron chi connectivity index (χ4n) is 2.95. The Hall–Kier alpha value is -0.0700. The zero-order valence-electron chi connectivity index (χ0n) is 13.0. The third kappa shape index (κ3) is 4.96. The smallest absolute Gasteiger partial charge is 0.166 e. The maximum absolute atomic E-state index is 13.8. The van der Waals surface area contributed by atoms with Gasteiger partial charge in [-0.25, -0.2) is 4.39 Å². The molecule has 0 spiro atoms. The molecule has 0 saturated carbocycles. The summed E-state index contributed by atoms with van der Waals surface area (Å²) in [6, 6.07) is 3.11. The molecular weight excluding hydrogens is 394 g/mol. The second-order valence-electron chi connectivity index (χ2n) is 6.38. The number of hydrogen-bond donors (Lipinski definition) is 2.